The summed E-state index contributed by atoms with van der Waals surface area (Å²) in [7, 11) is 0. The Kier molecular flexibility index (Phi) is 4.07. The highest BCUT2D eigenvalue weighted by molar-refractivity contribution is 5.96. The molecule has 1 aliphatic rings. The summed E-state index contributed by atoms with van der Waals surface area (Å²) in [6.07, 6.45) is 3.68. The van der Waals surface area contributed by atoms with Crippen molar-refractivity contribution in [1.82, 2.24) is 5.32 Å². The molecule has 1 aromatic rings. The van der Waals surface area contributed by atoms with Crippen molar-refractivity contribution < 1.29 is 4.79 Å². The molecule has 0 unspecified atom stereocenters. The smallest absolute Gasteiger partial charge is 0.251 e. The molecule has 4 heteroatoms. The molecule has 0 atom stereocenters. The highest BCUT2D eigenvalue weighted by Gasteiger charge is 2.15. The van der Waals surface area contributed by atoms with Crippen molar-refractivity contribution in [3.8, 4) is 0 Å². The molecule has 0 bridgehead atoms. The van der Waals surface area contributed by atoms with Gasteiger partial charge in [-0.3, -0.25) is 4.79 Å². The van der Waals surface area contributed by atoms with Crippen molar-refractivity contribution in [1.29, 1.82) is 0 Å². The fourth-order valence-corrected chi connectivity index (χ4v) is 2.36. The maximum atomic E-state index is 11.8. The number of carbonyl (C=O) groups excluding carboxylic acids is 1. The van der Waals surface area contributed by atoms with Crippen LogP contribution >= 0.6 is 0 Å². The van der Waals surface area contributed by atoms with Gasteiger partial charge in [-0.2, -0.15) is 0 Å². The first kappa shape index (κ1) is 12.7. The summed E-state index contributed by atoms with van der Waals surface area (Å²) in [6, 6.07) is 5.52. The molecule has 1 aliphatic heterocycles. The molecule has 4 nitrogen and oxygen atoms in total. The predicted octanol–water partition coefficient (Wildman–Crippen LogP) is 2.01. The number of nitrogens with one attached hydrogen (secondary N) is 1. The Hall–Kier alpha value is -1.71. The second-order valence-electron chi connectivity index (χ2n) is 4.68. The number of benzene rings is 1. The van der Waals surface area contributed by atoms with Gasteiger partial charge in [0.25, 0.3) is 5.91 Å². The quantitative estimate of drug-likeness (QED) is 0.803. The van der Waals surface area contributed by atoms with E-state index in [1.807, 2.05) is 19.1 Å². The number of hydrogen-bond acceptors (Lipinski definition) is 3. The zero-order valence-corrected chi connectivity index (χ0v) is 10.9. The van der Waals surface area contributed by atoms with Crippen molar-refractivity contribution in [2.75, 3.05) is 30.3 Å². The van der Waals surface area contributed by atoms with Crippen molar-refractivity contribution >= 4 is 17.3 Å². The summed E-state index contributed by atoms with van der Waals surface area (Å²) in [5, 5.41) is 2.81. The van der Waals surface area contributed by atoms with Gasteiger partial charge in [-0.1, -0.05) is 0 Å². The third-order valence-corrected chi connectivity index (χ3v) is 3.33. The zero-order valence-electron chi connectivity index (χ0n) is 10.9. The SMILES string of the molecule is CCNC(=O)c1ccc(N)c(N2CCCCC2)c1. The lowest BCUT2D eigenvalue weighted by Crippen LogP contribution is -2.30. The average Bonchev–Trinajstić information content (AvgIpc) is 2.40. The summed E-state index contributed by atoms with van der Waals surface area (Å²) in [4.78, 5) is 14.1. The summed E-state index contributed by atoms with van der Waals surface area (Å²) < 4.78 is 0. The number of carbonyl (C=O) groups is 1. The molecule has 98 valence electrons. The molecular weight excluding hydrogens is 226 g/mol. The third-order valence-electron chi connectivity index (χ3n) is 3.33. The molecule has 0 spiro atoms. The number of nitrogens with zero attached hydrogens (tertiary/aromatic N) is 1. The second kappa shape index (κ2) is 5.76. The molecule has 1 amide bonds. The number of nitrogen functional groups attached to an aromatic ring is 1. The average molecular weight is 247 g/mol. The number of rotatable bonds is 3. The van der Waals surface area contributed by atoms with E-state index in [9.17, 15) is 4.79 Å². The summed E-state index contributed by atoms with van der Waals surface area (Å²) in [6.45, 7) is 4.62. The van der Waals surface area contributed by atoms with E-state index in [1.54, 1.807) is 6.07 Å². The molecule has 1 aromatic carbocycles. The molecule has 18 heavy (non-hydrogen) atoms. The fourth-order valence-electron chi connectivity index (χ4n) is 2.36. The van der Waals surface area contributed by atoms with Crippen molar-refractivity contribution in [2.24, 2.45) is 0 Å². The van der Waals surface area contributed by atoms with Gasteiger partial charge in [-0.05, 0) is 44.4 Å². The van der Waals surface area contributed by atoms with Gasteiger partial charge in [0, 0.05) is 25.2 Å². The number of hydrogen-bond donors (Lipinski definition) is 2. The van der Waals surface area contributed by atoms with Crippen molar-refractivity contribution in [3.05, 3.63) is 23.8 Å². The van der Waals surface area contributed by atoms with Crippen LogP contribution in [0.3, 0.4) is 0 Å². The van der Waals surface area contributed by atoms with Crippen molar-refractivity contribution in [3.63, 3.8) is 0 Å². The Bertz CT molecular complexity index is 425. The Morgan fingerprint density at radius 1 is 1.33 bits per heavy atom. The number of anilines is 2. The number of amides is 1. The molecule has 0 saturated carbocycles. The summed E-state index contributed by atoms with van der Waals surface area (Å²) in [5.74, 6) is -0.0317. The normalized spacial score (nSPS) is 15.5. The van der Waals surface area contributed by atoms with Crippen LogP contribution in [0.15, 0.2) is 18.2 Å². The van der Waals surface area contributed by atoms with Crippen LogP contribution in [-0.2, 0) is 0 Å². The lowest BCUT2D eigenvalue weighted by atomic mass is 10.1. The van der Waals surface area contributed by atoms with Gasteiger partial charge < -0.3 is 16.0 Å². The Labute approximate surface area is 108 Å². The second-order valence-corrected chi connectivity index (χ2v) is 4.68. The minimum absolute atomic E-state index is 0.0317. The predicted molar refractivity (Wildman–Crippen MR) is 74.9 cm³/mol. The van der Waals surface area contributed by atoms with E-state index < -0.39 is 0 Å². The monoisotopic (exact) mass is 247 g/mol. The van der Waals surface area contributed by atoms with Crippen LogP contribution in [0.1, 0.15) is 36.5 Å². The molecule has 0 aliphatic carbocycles. The molecule has 2 rings (SSSR count). The molecular formula is C14H21N3O. The van der Waals surface area contributed by atoms with Gasteiger partial charge in [0.1, 0.15) is 0 Å². The maximum absolute atomic E-state index is 11.8. The van der Waals surface area contributed by atoms with Gasteiger partial charge in [0.15, 0.2) is 0 Å². The Morgan fingerprint density at radius 2 is 2.06 bits per heavy atom. The van der Waals surface area contributed by atoms with Crippen LogP contribution in [-0.4, -0.2) is 25.5 Å². The lowest BCUT2D eigenvalue weighted by molar-refractivity contribution is 0.0956. The molecule has 1 heterocycles. The topological polar surface area (TPSA) is 58.4 Å². The van der Waals surface area contributed by atoms with Crippen LogP contribution in [0, 0.1) is 0 Å². The number of piperidine rings is 1. The van der Waals surface area contributed by atoms with Crippen LogP contribution in [0.4, 0.5) is 11.4 Å². The minimum atomic E-state index is -0.0317. The Balaban J connectivity index is 2.23. The van der Waals surface area contributed by atoms with E-state index in [0.717, 1.165) is 24.5 Å². The summed E-state index contributed by atoms with van der Waals surface area (Å²) in [5.41, 5.74) is 8.46. The zero-order chi connectivity index (χ0) is 13.0. The summed E-state index contributed by atoms with van der Waals surface area (Å²) >= 11 is 0. The van der Waals surface area contributed by atoms with E-state index in [0.29, 0.717) is 12.1 Å². The van der Waals surface area contributed by atoms with Gasteiger partial charge >= 0.3 is 0 Å². The first-order valence-electron chi connectivity index (χ1n) is 6.65. The van der Waals surface area contributed by atoms with Gasteiger partial charge in [-0.15, -0.1) is 0 Å². The van der Waals surface area contributed by atoms with Crippen molar-refractivity contribution in [2.45, 2.75) is 26.2 Å². The first-order chi connectivity index (χ1) is 8.72. The van der Waals surface area contributed by atoms with E-state index >= 15 is 0 Å². The first-order valence-corrected chi connectivity index (χ1v) is 6.65. The van der Waals surface area contributed by atoms with E-state index in [1.165, 1.54) is 19.3 Å². The third kappa shape index (κ3) is 2.75. The van der Waals surface area contributed by atoms with Crippen LogP contribution in [0.5, 0.6) is 0 Å². The molecule has 0 aromatic heterocycles. The van der Waals surface area contributed by atoms with Gasteiger partial charge in [0.05, 0.1) is 11.4 Å². The molecule has 3 N–H and O–H groups in total. The maximum Gasteiger partial charge on any atom is 0.251 e. The highest BCUT2D eigenvalue weighted by Crippen LogP contribution is 2.27. The lowest BCUT2D eigenvalue weighted by Gasteiger charge is -2.30. The Morgan fingerprint density at radius 3 is 2.72 bits per heavy atom. The van der Waals surface area contributed by atoms with E-state index in [4.69, 9.17) is 5.73 Å². The van der Waals surface area contributed by atoms with Crippen LogP contribution < -0.4 is 16.0 Å². The minimum Gasteiger partial charge on any atom is -0.397 e. The molecule has 1 fully saturated rings. The fraction of sp³-hybridized carbons (Fsp3) is 0.500. The highest BCUT2D eigenvalue weighted by atomic mass is 16.1. The van der Waals surface area contributed by atoms with Crippen LogP contribution in [0.25, 0.3) is 0 Å². The van der Waals surface area contributed by atoms with E-state index in [2.05, 4.69) is 10.2 Å². The molecule has 1 saturated heterocycles. The van der Waals surface area contributed by atoms with Crippen LogP contribution in [0.2, 0.25) is 0 Å². The largest absolute Gasteiger partial charge is 0.397 e. The number of nitrogens with two attached hydrogens (primary N) is 1. The molecule has 0 radical (unpaired) electrons. The van der Waals surface area contributed by atoms with Gasteiger partial charge in [-0.25, -0.2) is 0 Å². The van der Waals surface area contributed by atoms with Gasteiger partial charge in [0.2, 0.25) is 0 Å². The van der Waals surface area contributed by atoms with E-state index in [-0.39, 0.29) is 5.91 Å². The standard InChI is InChI=1S/C14H21N3O/c1-2-16-14(18)11-6-7-12(15)13(10-11)17-8-4-3-5-9-17/h6-7,10H,2-5,8-9,15H2,1H3,(H,16,18).